The standard InChI is InChI=1S/C17H22N2O3/c1-17(2,3)15(20)9-10-18-16(21)13-11-14(22-19-13)12-7-5-4-6-8-12/h4-8,11,15,20H,9-10H2,1-3H3,(H,18,21)/t15-/m1/s1. The maximum Gasteiger partial charge on any atom is 0.273 e. The SMILES string of the molecule is CC(C)(C)[C@H](O)CCNC(=O)c1cc(-c2ccccc2)on1. The van der Waals surface area contributed by atoms with Gasteiger partial charge in [-0.1, -0.05) is 56.3 Å². The van der Waals surface area contributed by atoms with Gasteiger partial charge < -0.3 is 14.9 Å². The molecule has 2 N–H and O–H groups in total. The van der Waals surface area contributed by atoms with E-state index in [1.54, 1.807) is 6.07 Å². The molecule has 0 saturated heterocycles. The number of amides is 1. The Morgan fingerprint density at radius 1 is 1.32 bits per heavy atom. The molecule has 0 aliphatic heterocycles. The Kier molecular flexibility index (Phi) is 4.98. The van der Waals surface area contributed by atoms with Crippen molar-refractivity contribution in [2.75, 3.05) is 6.54 Å². The van der Waals surface area contributed by atoms with Crippen LogP contribution in [0.5, 0.6) is 0 Å². The first-order valence-corrected chi connectivity index (χ1v) is 7.36. The quantitative estimate of drug-likeness (QED) is 0.890. The van der Waals surface area contributed by atoms with Crippen LogP contribution in [0.25, 0.3) is 11.3 Å². The normalized spacial score (nSPS) is 12.9. The van der Waals surface area contributed by atoms with Gasteiger partial charge in [0.2, 0.25) is 0 Å². The van der Waals surface area contributed by atoms with Crippen LogP contribution in [0.1, 0.15) is 37.7 Å². The number of hydrogen-bond acceptors (Lipinski definition) is 4. The van der Waals surface area contributed by atoms with Gasteiger partial charge in [-0.3, -0.25) is 4.79 Å². The summed E-state index contributed by atoms with van der Waals surface area (Å²) in [5, 5.41) is 16.5. The van der Waals surface area contributed by atoms with Crippen molar-refractivity contribution in [3.05, 3.63) is 42.1 Å². The van der Waals surface area contributed by atoms with Gasteiger partial charge in [-0.25, -0.2) is 0 Å². The third-order valence-electron chi connectivity index (χ3n) is 3.50. The Balaban J connectivity index is 1.90. The van der Waals surface area contributed by atoms with Crippen LogP contribution < -0.4 is 5.32 Å². The van der Waals surface area contributed by atoms with Crippen molar-refractivity contribution in [3.63, 3.8) is 0 Å². The molecule has 2 rings (SSSR count). The van der Waals surface area contributed by atoms with E-state index in [0.717, 1.165) is 5.56 Å². The second-order valence-electron chi connectivity index (χ2n) is 6.37. The highest BCUT2D eigenvalue weighted by Crippen LogP contribution is 2.21. The molecule has 1 aromatic heterocycles. The Morgan fingerprint density at radius 2 is 2.00 bits per heavy atom. The second kappa shape index (κ2) is 6.75. The van der Waals surface area contributed by atoms with E-state index in [2.05, 4.69) is 10.5 Å². The van der Waals surface area contributed by atoms with Gasteiger partial charge >= 0.3 is 0 Å². The number of benzene rings is 1. The van der Waals surface area contributed by atoms with Gasteiger partial charge in [-0.15, -0.1) is 0 Å². The third-order valence-corrected chi connectivity index (χ3v) is 3.50. The molecule has 1 atom stereocenters. The molecular weight excluding hydrogens is 280 g/mol. The number of carbonyl (C=O) groups is 1. The monoisotopic (exact) mass is 302 g/mol. The molecule has 0 radical (unpaired) electrons. The van der Waals surface area contributed by atoms with Crippen molar-refractivity contribution in [3.8, 4) is 11.3 Å². The molecule has 0 spiro atoms. The lowest BCUT2D eigenvalue weighted by atomic mass is 9.87. The van der Waals surface area contributed by atoms with Crippen LogP contribution in [0.2, 0.25) is 0 Å². The van der Waals surface area contributed by atoms with Gasteiger partial charge in [0.15, 0.2) is 11.5 Å². The second-order valence-corrected chi connectivity index (χ2v) is 6.37. The van der Waals surface area contributed by atoms with Gasteiger partial charge in [0.1, 0.15) is 0 Å². The molecule has 0 aliphatic rings. The Hall–Kier alpha value is -2.14. The summed E-state index contributed by atoms with van der Waals surface area (Å²) in [5.41, 5.74) is 0.917. The number of aliphatic hydroxyl groups is 1. The minimum absolute atomic E-state index is 0.195. The summed E-state index contributed by atoms with van der Waals surface area (Å²) in [6.07, 6.45) is 0.0310. The van der Waals surface area contributed by atoms with E-state index in [9.17, 15) is 9.90 Å². The van der Waals surface area contributed by atoms with Crippen LogP contribution in [0, 0.1) is 5.41 Å². The molecular formula is C17H22N2O3. The summed E-state index contributed by atoms with van der Waals surface area (Å²) in [7, 11) is 0. The first-order chi connectivity index (χ1) is 10.4. The lowest BCUT2D eigenvalue weighted by Crippen LogP contribution is -2.32. The van der Waals surface area contributed by atoms with Crippen molar-refractivity contribution < 1.29 is 14.4 Å². The van der Waals surface area contributed by atoms with Crippen molar-refractivity contribution in [1.29, 1.82) is 0 Å². The summed E-state index contributed by atoms with van der Waals surface area (Å²) in [6.45, 7) is 6.28. The van der Waals surface area contributed by atoms with E-state index in [1.165, 1.54) is 0 Å². The zero-order valence-electron chi connectivity index (χ0n) is 13.2. The van der Waals surface area contributed by atoms with Crippen molar-refractivity contribution >= 4 is 5.91 Å². The number of hydrogen-bond donors (Lipinski definition) is 2. The average Bonchev–Trinajstić information content (AvgIpc) is 2.97. The van der Waals surface area contributed by atoms with Crippen LogP contribution in [0.3, 0.4) is 0 Å². The number of carbonyl (C=O) groups excluding carboxylic acids is 1. The molecule has 1 heterocycles. The van der Waals surface area contributed by atoms with Crippen molar-refractivity contribution in [2.24, 2.45) is 5.41 Å². The fourth-order valence-electron chi connectivity index (χ4n) is 1.97. The Labute approximate surface area is 130 Å². The predicted molar refractivity (Wildman–Crippen MR) is 84.4 cm³/mol. The predicted octanol–water partition coefficient (Wildman–Crippen LogP) is 2.87. The highest BCUT2D eigenvalue weighted by molar-refractivity contribution is 5.93. The van der Waals surface area contributed by atoms with E-state index in [4.69, 9.17) is 4.52 Å². The van der Waals surface area contributed by atoms with Crippen molar-refractivity contribution in [1.82, 2.24) is 10.5 Å². The van der Waals surface area contributed by atoms with E-state index in [0.29, 0.717) is 18.7 Å². The largest absolute Gasteiger partial charge is 0.393 e. The highest BCUT2D eigenvalue weighted by atomic mass is 16.5. The van der Waals surface area contributed by atoms with Gasteiger partial charge in [-0.05, 0) is 11.8 Å². The van der Waals surface area contributed by atoms with Crippen LogP contribution >= 0.6 is 0 Å². The molecule has 118 valence electrons. The molecule has 5 nitrogen and oxygen atoms in total. The Morgan fingerprint density at radius 3 is 2.64 bits per heavy atom. The average molecular weight is 302 g/mol. The fourth-order valence-corrected chi connectivity index (χ4v) is 1.97. The van der Waals surface area contributed by atoms with Crippen LogP contribution in [-0.4, -0.2) is 28.8 Å². The fraction of sp³-hybridized carbons (Fsp3) is 0.412. The number of rotatable bonds is 5. The molecule has 1 amide bonds. The zero-order valence-corrected chi connectivity index (χ0v) is 13.2. The van der Waals surface area contributed by atoms with Crippen LogP contribution in [0.4, 0.5) is 0 Å². The minimum atomic E-state index is -0.468. The van der Waals surface area contributed by atoms with E-state index in [-0.39, 0.29) is 17.0 Å². The van der Waals surface area contributed by atoms with Gasteiger partial charge in [-0.2, -0.15) is 0 Å². The van der Waals surface area contributed by atoms with Crippen molar-refractivity contribution in [2.45, 2.75) is 33.3 Å². The molecule has 0 unspecified atom stereocenters. The summed E-state index contributed by atoms with van der Waals surface area (Å²) in [4.78, 5) is 12.0. The smallest absolute Gasteiger partial charge is 0.273 e. The topological polar surface area (TPSA) is 75.4 Å². The molecule has 2 aromatic rings. The summed E-state index contributed by atoms with van der Waals surface area (Å²) < 4.78 is 5.19. The summed E-state index contributed by atoms with van der Waals surface area (Å²) in [6, 6.07) is 11.1. The van der Waals surface area contributed by atoms with Crippen LogP contribution in [-0.2, 0) is 0 Å². The van der Waals surface area contributed by atoms with E-state index in [1.807, 2.05) is 51.1 Å². The van der Waals surface area contributed by atoms with Gasteiger partial charge in [0, 0.05) is 18.2 Å². The molecule has 22 heavy (non-hydrogen) atoms. The maximum atomic E-state index is 12.0. The highest BCUT2D eigenvalue weighted by Gasteiger charge is 2.22. The molecule has 0 aliphatic carbocycles. The number of nitrogens with zero attached hydrogens (tertiary/aromatic N) is 1. The molecule has 0 fully saturated rings. The number of aliphatic hydroxyl groups excluding tert-OH is 1. The first kappa shape index (κ1) is 16.2. The van der Waals surface area contributed by atoms with Gasteiger partial charge in [0.25, 0.3) is 5.91 Å². The molecule has 1 aromatic carbocycles. The Bertz CT molecular complexity index is 614. The third kappa shape index (κ3) is 4.18. The summed E-state index contributed by atoms with van der Waals surface area (Å²) >= 11 is 0. The maximum absolute atomic E-state index is 12.0. The lowest BCUT2D eigenvalue weighted by molar-refractivity contribution is 0.0550. The molecule has 5 heteroatoms. The van der Waals surface area contributed by atoms with Crippen LogP contribution in [0.15, 0.2) is 40.9 Å². The van der Waals surface area contributed by atoms with E-state index < -0.39 is 6.10 Å². The van der Waals surface area contributed by atoms with Gasteiger partial charge in [0.05, 0.1) is 6.10 Å². The molecule has 0 bridgehead atoms. The first-order valence-electron chi connectivity index (χ1n) is 7.36. The lowest BCUT2D eigenvalue weighted by Gasteiger charge is -2.25. The summed E-state index contributed by atoms with van der Waals surface area (Å²) in [5.74, 6) is 0.257. The molecule has 0 saturated carbocycles. The zero-order chi connectivity index (χ0) is 16.2. The number of nitrogens with one attached hydrogen (secondary N) is 1. The minimum Gasteiger partial charge on any atom is -0.393 e. The number of aromatic nitrogens is 1. The van der Waals surface area contributed by atoms with E-state index >= 15 is 0 Å².